The molecule has 0 aliphatic heterocycles. The van der Waals surface area contributed by atoms with Gasteiger partial charge in [-0.1, -0.05) is 6.92 Å². The lowest BCUT2D eigenvalue weighted by Crippen LogP contribution is -2.34. The predicted molar refractivity (Wildman–Crippen MR) is 67.6 cm³/mol. The minimum absolute atomic E-state index is 0.0740. The number of aliphatic hydroxyl groups excluding tert-OH is 1. The molecule has 1 saturated carbocycles. The van der Waals surface area contributed by atoms with Gasteiger partial charge in [0.2, 0.25) is 0 Å². The van der Waals surface area contributed by atoms with Crippen molar-refractivity contribution in [3.63, 3.8) is 0 Å². The molecule has 4 heteroatoms. The highest BCUT2D eigenvalue weighted by atomic mass is 16.3. The lowest BCUT2D eigenvalue weighted by Gasteiger charge is -2.26. The smallest absolute Gasteiger partial charge is 0.122 e. The van der Waals surface area contributed by atoms with E-state index in [1.807, 2.05) is 12.4 Å². The molecule has 2 N–H and O–H groups in total. The number of hydrogen-bond acceptors (Lipinski definition) is 3. The van der Waals surface area contributed by atoms with Crippen LogP contribution in [-0.2, 0) is 13.1 Å². The fraction of sp³-hybridized carbons (Fsp3) is 0.769. The highest BCUT2D eigenvalue weighted by Crippen LogP contribution is 2.18. The zero-order valence-electron chi connectivity index (χ0n) is 10.6. The van der Waals surface area contributed by atoms with Crippen LogP contribution in [0, 0.1) is 0 Å². The number of aliphatic hydroxyl groups is 1. The number of aryl methyl sites for hydroxylation is 1. The topological polar surface area (TPSA) is 50.1 Å². The van der Waals surface area contributed by atoms with Crippen LogP contribution in [0.4, 0.5) is 0 Å². The zero-order chi connectivity index (χ0) is 12.1. The van der Waals surface area contributed by atoms with Gasteiger partial charge in [0.25, 0.3) is 0 Å². The second-order valence-corrected chi connectivity index (χ2v) is 4.92. The van der Waals surface area contributed by atoms with E-state index in [1.54, 1.807) is 0 Å². The minimum atomic E-state index is -0.0740. The van der Waals surface area contributed by atoms with Gasteiger partial charge in [-0.05, 0) is 32.1 Å². The molecule has 1 aliphatic carbocycles. The Bertz CT molecular complexity index is 329. The van der Waals surface area contributed by atoms with Crippen LogP contribution in [0.25, 0.3) is 0 Å². The molecule has 1 fully saturated rings. The van der Waals surface area contributed by atoms with Gasteiger partial charge in [0.15, 0.2) is 0 Å². The van der Waals surface area contributed by atoms with Gasteiger partial charge in [-0.15, -0.1) is 0 Å². The molecule has 0 aromatic carbocycles. The summed E-state index contributed by atoms with van der Waals surface area (Å²) in [5, 5.41) is 13.0. The summed E-state index contributed by atoms with van der Waals surface area (Å²) >= 11 is 0. The summed E-state index contributed by atoms with van der Waals surface area (Å²) in [4.78, 5) is 4.39. The van der Waals surface area contributed by atoms with Crippen molar-refractivity contribution in [3.8, 4) is 0 Å². The van der Waals surface area contributed by atoms with E-state index in [-0.39, 0.29) is 6.10 Å². The van der Waals surface area contributed by atoms with Crippen LogP contribution < -0.4 is 5.32 Å². The lowest BCUT2D eigenvalue weighted by molar-refractivity contribution is 0.116. The number of rotatable bonds is 5. The molecule has 1 aliphatic rings. The standard InChI is InChI=1S/C13H23N3O/c1-2-8-16-9-7-14-13(16)10-15-11-3-5-12(17)6-4-11/h7,9,11-12,15,17H,2-6,8,10H2,1H3. The van der Waals surface area contributed by atoms with E-state index in [0.717, 1.165) is 51.0 Å². The van der Waals surface area contributed by atoms with E-state index < -0.39 is 0 Å². The predicted octanol–water partition coefficient (Wildman–Crippen LogP) is 1.69. The molecule has 0 spiro atoms. The average Bonchev–Trinajstić information content (AvgIpc) is 2.77. The molecular weight excluding hydrogens is 214 g/mol. The molecule has 1 heterocycles. The lowest BCUT2D eigenvalue weighted by atomic mass is 9.93. The third-order valence-electron chi connectivity index (χ3n) is 3.51. The Kier molecular flexibility index (Phi) is 4.57. The molecule has 1 aromatic heterocycles. The first-order valence-corrected chi connectivity index (χ1v) is 6.71. The summed E-state index contributed by atoms with van der Waals surface area (Å²) in [5.41, 5.74) is 0. The Hall–Kier alpha value is -0.870. The number of nitrogens with zero attached hydrogens (tertiary/aromatic N) is 2. The van der Waals surface area contributed by atoms with Crippen molar-refractivity contribution in [2.45, 2.75) is 64.3 Å². The van der Waals surface area contributed by atoms with Gasteiger partial charge in [0.05, 0.1) is 12.6 Å². The molecule has 1 aromatic rings. The van der Waals surface area contributed by atoms with Gasteiger partial charge in [-0.3, -0.25) is 0 Å². The summed E-state index contributed by atoms with van der Waals surface area (Å²) in [5.74, 6) is 1.12. The maximum atomic E-state index is 9.45. The molecule has 0 bridgehead atoms. The second-order valence-electron chi connectivity index (χ2n) is 4.92. The largest absolute Gasteiger partial charge is 0.393 e. The molecule has 17 heavy (non-hydrogen) atoms. The van der Waals surface area contributed by atoms with Crippen LogP contribution >= 0.6 is 0 Å². The fourth-order valence-corrected chi connectivity index (χ4v) is 2.47. The van der Waals surface area contributed by atoms with E-state index >= 15 is 0 Å². The van der Waals surface area contributed by atoms with E-state index in [0.29, 0.717) is 6.04 Å². The van der Waals surface area contributed by atoms with Crippen molar-refractivity contribution in [1.82, 2.24) is 14.9 Å². The Labute approximate surface area is 103 Å². The molecule has 0 atom stereocenters. The van der Waals surface area contributed by atoms with E-state index in [2.05, 4.69) is 21.8 Å². The second kappa shape index (κ2) is 6.17. The van der Waals surface area contributed by atoms with Crippen molar-refractivity contribution in [2.24, 2.45) is 0 Å². The summed E-state index contributed by atoms with van der Waals surface area (Å²) < 4.78 is 2.21. The first-order valence-electron chi connectivity index (χ1n) is 6.71. The number of imidazole rings is 1. The first kappa shape index (κ1) is 12.6. The van der Waals surface area contributed by atoms with Crippen LogP contribution in [-0.4, -0.2) is 26.8 Å². The van der Waals surface area contributed by atoms with E-state index in [4.69, 9.17) is 0 Å². The van der Waals surface area contributed by atoms with Crippen LogP contribution in [0.3, 0.4) is 0 Å². The molecule has 2 rings (SSSR count). The number of hydrogen-bond donors (Lipinski definition) is 2. The summed E-state index contributed by atoms with van der Waals surface area (Å²) in [6, 6.07) is 0.546. The van der Waals surface area contributed by atoms with Crippen LogP contribution in [0.5, 0.6) is 0 Å². The Morgan fingerprint density at radius 1 is 1.41 bits per heavy atom. The quantitative estimate of drug-likeness (QED) is 0.819. The Morgan fingerprint density at radius 2 is 2.18 bits per heavy atom. The zero-order valence-corrected chi connectivity index (χ0v) is 10.6. The summed E-state index contributed by atoms with van der Waals surface area (Å²) in [7, 11) is 0. The van der Waals surface area contributed by atoms with E-state index in [1.165, 1.54) is 0 Å². The number of aromatic nitrogens is 2. The number of nitrogens with one attached hydrogen (secondary N) is 1. The molecule has 0 unspecified atom stereocenters. The Morgan fingerprint density at radius 3 is 2.88 bits per heavy atom. The average molecular weight is 237 g/mol. The Balaban J connectivity index is 1.79. The molecule has 96 valence electrons. The maximum Gasteiger partial charge on any atom is 0.122 e. The molecular formula is C13H23N3O. The van der Waals surface area contributed by atoms with E-state index in [9.17, 15) is 5.11 Å². The summed E-state index contributed by atoms with van der Waals surface area (Å²) in [6.07, 6.45) is 9.00. The summed E-state index contributed by atoms with van der Waals surface area (Å²) in [6.45, 7) is 4.06. The molecule has 0 saturated heterocycles. The minimum Gasteiger partial charge on any atom is -0.393 e. The van der Waals surface area contributed by atoms with Gasteiger partial charge in [-0.25, -0.2) is 4.98 Å². The van der Waals surface area contributed by atoms with Crippen LogP contribution in [0.1, 0.15) is 44.9 Å². The monoisotopic (exact) mass is 237 g/mol. The van der Waals surface area contributed by atoms with Crippen LogP contribution in [0.15, 0.2) is 12.4 Å². The molecule has 0 radical (unpaired) electrons. The van der Waals surface area contributed by atoms with Gasteiger partial charge < -0.3 is 15.0 Å². The van der Waals surface area contributed by atoms with Crippen molar-refractivity contribution in [1.29, 1.82) is 0 Å². The normalized spacial score (nSPS) is 25.1. The van der Waals surface area contributed by atoms with Crippen molar-refractivity contribution in [2.75, 3.05) is 0 Å². The van der Waals surface area contributed by atoms with Gasteiger partial charge in [-0.2, -0.15) is 0 Å². The van der Waals surface area contributed by atoms with Crippen molar-refractivity contribution >= 4 is 0 Å². The maximum absolute atomic E-state index is 9.45. The molecule has 4 nitrogen and oxygen atoms in total. The SMILES string of the molecule is CCCn1ccnc1CNC1CCC(O)CC1. The molecule has 0 amide bonds. The fourth-order valence-electron chi connectivity index (χ4n) is 2.47. The van der Waals surface area contributed by atoms with Crippen molar-refractivity contribution in [3.05, 3.63) is 18.2 Å². The third-order valence-corrected chi connectivity index (χ3v) is 3.51. The third kappa shape index (κ3) is 3.54. The van der Waals surface area contributed by atoms with Crippen molar-refractivity contribution < 1.29 is 5.11 Å². The van der Waals surface area contributed by atoms with Crippen LogP contribution in [0.2, 0.25) is 0 Å². The van der Waals surface area contributed by atoms with Gasteiger partial charge in [0, 0.05) is 25.0 Å². The first-order chi connectivity index (χ1) is 8.29. The highest BCUT2D eigenvalue weighted by molar-refractivity contribution is 4.92. The van der Waals surface area contributed by atoms with Gasteiger partial charge >= 0.3 is 0 Å². The highest BCUT2D eigenvalue weighted by Gasteiger charge is 2.19. The van der Waals surface area contributed by atoms with Gasteiger partial charge in [0.1, 0.15) is 5.82 Å².